The lowest BCUT2D eigenvalue weighted by Crippen LogP contribution is -2.02. The minimum Gasteiger partial charge on any atom is -0.490 e. The largest absolute Gasteiger partial charge is 0.490 e. The molecule has 0 heterocycles. The molecule has 3 aromatic carbocycles. The van der Waals surface area contributed by atoms with E-state index in [4.69, 9.17) is 21.1 Å². The number of rotatable bonds is 7. The molecule has 3 aromatic rings. The number of aliphatic imine (C=N–C) groups is 1. The fraction of sp³-hybridized carbons (Fsp3) is 0.174. The standard InChI is InChI=1S/C23H21ClINO2/c1-3-27-22-13-18(14-26-21-10-5-4-7-16(21)2)12-20(25)23(22)28-15-17-8-6-9-19(24)11-17/h4-14H,3,15H2,1-2H3. The van der Waals surface area contributed by atoms with Gasteiger partial charge in [-0.2, -0.15) is 0 Å². The molecular formula is C23H21ClINO2. The third kappa shape index (κ3) is 5.49. The van der Waals surface area contributed by atoms with Crippen molar-refractivity contribution in [2.24, 2.45) is 4.99 Å². The molecule has 0 aromatic heterocycles. The summed E-state index contributed by atoms with van der Waals surface area (Å²) in [5.74, 6) is 1.44. The van der Waals surface area contributed by atoms with Crippen LogP contribution in [0.1, 0.15) is 23.6 Å². The number of hydrogen-bond acceptors (Lipinski definition) is 3. The summed E-state index contributed by atoms with van der Waals surface area (Å²) in [7, 11) is 0. The molecule has 144 valence electrons. The monoisotopic (exact) mass is 505 g/mol. The molecule has 5 heteroatoms. The van der Waals surface area contributed by atoms with Crippen LogP contribution in [0.15, 0.2) is 65.7 Å². The molecule has 3 nitrogen and oxygen atoms in total. The van der Waals surface area contributed by atoms with Gasteiger partial charge in [0.1, 0.15) is 6.61 Å². The third-order valence-electron chi connectivity index (χ3n) is 4.07. The van der Waals surface area contributed by atoms with E-state index in [1.165, 1.54) is 0 Å². The van der Waals surface area contributed by atoms with Crippen LogP contribution in [-0.2, 0) is 6.61 Å². The zero-order valence-corrected chi connectivity index (χ0v) is 18.7. The fourth-order valence-electron chi connectivity index (χ4n) is 2.70. The molecule has 3 rings (SSSR count). The Hall–Kier alpha value is -2.05. The average molecular weight is 506 g/mol. The number of benzene rings is 3. The van der Waals surface area contributed by atoms with E-state index in [0.717, 1.165) is 31.7 Å². The lowest BCUT2D eigenvalue weighted by Gasteiger charge is -2.15. The third-order valence-corrected chi connectivity index (χ3v) is 5.11. The van der Waals surface area contributed by atoms with Crippen molar-refractivity contribution in [1.29, 1.82) is 0 Å². The van der Waals surface area contributed by atoms with E-state index in [9.17, 15) is 0 Å². The Bertz CT molecular complexity index is 988. The lowest BCUT2D eigenvalue weighted by atomic mass is 10.2. The van der Waals surface area contributed by atoms with Crippen LogP contribution in [0.5, 0.6) is 11.5 Å². The first-order chi connectivity index (χ1) is 13.6. The molecule has 0 fully saturated rings. The molecule has 28 heavy (non-hydrogen) atoms. The van der Waals surface area contributed by atoms with Crippen LogP contribution in [0.3, 0.4) is 0 Å². The second-order valence-corrected chi connectivity index (χ2v) is 7.82. The van der Waals surface area contributed by atoms with E-state index in [0.29, 0.717) is 24.0 Å². The predicted molar refractivity (Wildman–Crippen MR) is 125 cm³/mol. The topological polar surface area (TPSA) is 30.8 Å². The molecule has 0 saturated heterocycles. The summed E-state index contributed by atoms with van der Waals surface area (Å²) in [5.41, 5.74) is 4.07. The average Bonchev–Trinajstić information content (AvgIpc) is 2.67. The van der Waals surface area contributed by atoms with Gasteiger partial charge in [-0.3, -0.25) is 4.99 Å². The number of para-hydroxylation sites is 1. The molecular weight excluding hydrogens is 485 g/mol. The molecule has 0 bridgehead atoms. The summed E-state index contributed by atoms with van der Waals surface area (Å²) in [6.45, 7) is 4.99. The predicted octanol–water partition coefficient (Wildman–Crippen LogP) is 6.98. The van der Waals surface area contributed by atoms with Gasteiger partial charge in [-0.15, -0.1) is 0 Å². The maximum atomic E-state index is 6.06. The van der Waals surface area contributed by atoms with Crippen molar-refractivity contribution in [3.63, 3.8) is 0 Å². The minimum atomic E-state index is 0.424. The minimum absolute atomic E-state index is 0.424. The number of aryl methyl sites for hydroxylation is 1. The van der Waals surface area contributed by atoms with Gasteiger partial charge in [0.15, 0.2) is 11.5 Å². The molecule has 0 aliphatic rings. The highest BCUT2D eigenvalue weighted by atomic mass is 127. The summed E-state index contributed by atoms with van der Waals surface area (Å²) in [5, 5.41) is 0.698. The summed E-state index contributed by atoms with van der Waals surface area (Å²) in [6.07, 6.45) is 1.85. The van der Waals surface area contributed by atoms with E-state index in [1.807, 2.05) is 67.7 Å². The van der Waals surface area contributed by atoms with E-state index >= 15 is 0 Å². The van der Waals surface area contributed by atoms with Gasteiger partial charge < -0.3 is 9.47 Å². The Kier molecular flexibility index (Phi) is 7.34. The maximum absolute atomic E-state index is 6.06. The second-order valence-electron chi connectivity index (χ2n) is 6.23. The zero-order valence-electron chi connectivity index (χ0n) is 15.8. The molecule has 0 N–H and O–H groups in total. The highest BCUT2D eigenvalue weighted by Gasteiger charge is 2.12. The SMILES string of the molecule is CCOc1cc(C=Nc2ccccc2C)cc(I)c1OCc1cccc(Cl)c1. The van der Waals surface area contributed by atoms with Gasteiger partial charge in [-0.05, 0) is 83.5 Å². The Balaban J connectivity index is 1.84. The van der Waals surface area contributed by atoms with Crippen molar-refractivity contribution in [1.82, 2.24) is 0 Å². The van der Waals surface area contributed by atoms with Gasteiger partial charge in [0.05, 0.1) is 15.9 Å². The van der Waals surface area contributed by atoms with Crippen LogP contribution in [-0.4, -0.2) is 12.8 Å². The first kappa shape index (κ1) is 20.7. The van der Waals surface area contributed by atoms with Crippen LogP contribution in [0, 0.1) is 10.5 Å². The van der Waals surface area contributed by atoms with Crippen molar-refractivity contribution in [3.8, 4) is 11.5 Å². The first-order valence-corrected chi connectivity index (χ1v) is 10.5. The van der Waals surface area contributed by atoms with Gasteiger partial charge in [0.25, 0.3) is 0 Å². The molecule has 0 spiro atoms. The Morgan fingerprint density at radius 2 is 1.86 bits per heavy atom. The van der Waals surface area contributed by atoms with Crippen LogP contribution in [0.2, 0.25) is 5.02 Å². The highest BCUT2D eigenvalue weighted by molar-refractivity contribution is 14.1. The fourth-order valence-corrected chi connectivity index (χ4v) is 3.69. The van der Waals surface area contributed by atoms with Gasteiger partial charge in [-0.1, -0.05) is 41.9 Å². The second kappa shape index (κ2) is 9.94. The summed E-state index contributed by atoms with van der Waals surface area (Å²) in [6, 6.07) is 19.7. The van der Waals surface area contributed by atoms with Crippen LogP contribution in [0.4, 0.5) is 5.69 Å². The summed E-state index contributed by atoms with van der Waals surface area (Å²) < 4.78 is 12.9. The number of halogens is 2. The zero-order chi connectivity index (χ0) is 19.9. The highest BCUT2D eigenvalue weighted by Crippen LogP contribution is 2.35. The van der Waals surface area contributed by atoms with Crippen molar-refractivity contribution in [2.75, 3.05) is 6.61 Å². The number of nitrogens with zero attached hydrogens (tertiary/aromatic N) is 1. The van der Waals surface area contributed by atoms with E-state index < -0.39 is 0 Å². The first-order valence-electron chi connectivity index (χ1n) is 9.00. The maximum Gasteiger partial charge on any atom is 0.175 e. The van der Waals surface area contributed by atoms with Gasteiger partial charge in [-0.25, -0.2) is 0 Å². The Morgan fingerprint density at radius 1 is 1.04 bits per heavy atom. The van der Waals surface area contributed by atoms with Crippen LogP contribution in [0.25, 0.3) is 0 Å². The quantitative estimate of drug-likeness (QED) is 0.256. The molecule has 0 saturated carbocycles. The molecule has 0 aliphatic carbocycles. The van der Waals surface area contributed by atoms with Crippen molar-refractivity contribution < 1.29 is 9.47 Å². The number of hydrogen-bond donors (Lipinski definition) is 0. The van der Waals surface area contributed by atoms with Crippen LogP contribution < -0.4 is 9.47 Å². The van der Waals surface area contributed by atoms with Crippen molar-refractivity contribution in [3.05, 3.63) is 85.9 Å². The lowest BCUT2D eigenvalue weighted by molar-refractivity contribution is 0.267. The van der Waals surface area contributed by atoms with E-state index in [2.05, 4.69) is 40.6 Å². The van der Waals surface area contributed by atoms with Gasteiger partial charge >= 0.3 is 0 Å². The summed E-state index contributed by atoms with van der Waals surface area (Å²) in [4.78, 5) is 4.61. The number of ether oxygens (including phenoxy) is 2. The smallest absolute Gasteiger partial charge is 0.175 e. The molecule has 0 atom stereocenters. The van der Waals surface area contributed by atoms with Crippen LogP contribution >= 0.6 is 34.2 Å². The molecule has 0 amide bonds. The van der Waals surface area contributed by atoms with Crippen molar-refractivity contribution in [2.45, 2.75) is 20.5 Å². The summed E-state index contributed by atoms with van der Waals surface area (Å²) >= 11 is 8.33. The molecule has 0 aliphatic heterocycles. The van der Waals surface area contributed by atoms with Crippen molar-refractivity contribution >= 4 is 46.1 Å². The molecule has 0 radical (unpaired) electrons. The normalized spacial score (nSPS) is 11.0. The Morgan fingerprint density at radius 3 is 2.61 bits per heavy atom. The van der Waals surface area contributed by atoms with Gasteiger partial charge in [0.2, 0.25) is 0 Å². The Labute approximate surface area is 184 Å². The molecule has 0 unspecified atom stereocenters. The van der Waals surface area contributed by atoms with E-state index in [1.54, 1.807) is 0 Å². The van der Waals surface area contributed by atoms with Gasteiger partial charge in [0, 0.05) is 11.2 Å². The van der Waals surface area contributed by atoms with E-state index in [-0.39, 0.29) is 0 Å².